The van der Waals surface area contributed by atoms with Crippen LogP contribution in [0.1, 0.15) is 39.0 Å². The Morgan fingerprint density at radius 3 is 2.35 bits per heavy atom. The molecule has 0 aromatic rings. The highest BCUT2D eigenvalue weighted by atomic mass is 79.9. The zero-order valence-corrected chi connectivity index (χ0v) is 12.7. The lowest BCUT2D eigenvalue weighted by Gasteiger charge is -2.42. The number of hydrogen-bond acceptors (Lipinski definition) is 2. The SMILES string of the molecule is CC1CCN(S(=O)(=O)NC2(CBr)CCC2)CC1. The highest BCUT2D eigenvalue weighted by molar-refractivity contribution is 9.09. The Hall–Kier alpha value is 0.350. The van der Waals surface area contributed by atoms with E-state index >= 15 is 0 Å². The Balaban J connectivity index is 1.99. The molecule has 1 aliphatic heterocycles. The van der Waals surface area contributed by atoms with Gasteiger partial charge in [0.1, 0.15) is 0 Å². The second kappa shape index (κ2) is 5.15. The van der Waals surface area contributed by atoms with Gasteiger partial charge in [-0.3, -0.25) is 0 Å². The van der Waals surface area contributed by atoms with E-state index in [4.69, 9.17) is 0 Å². The van der Waals surface area contributed by atoms with Crippen molar-refractivity contribution in [3.05, 3.63) is 0 Å². The van der Waals surface area contributed by atoms with Crippen molar-refractivity contribution in [2.24, 2.45) is 5.92 Å². The zero-order chi connectivity index (χ0) is 12.5. The minimum atomic E-state index is -3.28. The molecule has 1 saturated heterocycles. The molecule has 0 aromatic heterocycles. The van der Waals surface area contributed by atoms with Crippen LogP contribution in [0.15, 0.2) is 0 Å². The van der Waals surface area contributed by atoms with Gasteiger partial charge in [-0.15, -0.1) is 0 Å². The van der Waals surface area contributed by atoms with Crippen molar-refractivity contribution in [3.8, 4) is 0 Å². The van der Waals surface area contributed by atoms with Gasteiger partial charge in [0.2, 0.25) is 0 Å². The number of nitrogens with one attached hydrogen (secondary N) is 1. The maximum atomic E-state index is 12.3. The van der Waals surface area contributed by atoms with E-state index in [0.29, 0.717) is 24.3 Å². The fraction of sp³-hybridized carbons (Fsp3) is 1.00. The molecule has 0 unspecified atom stereocenters. The van der Waals surface area contributed by atoms with Crippen molar-refractivity contribution < 1.29 is 8.42 Å². The molecule has 6 heteroatoms. The van der Waals surface area contributed by atoms with E-state index < -0.39 is 10.2 Å². The molecule has 1 aliphatic carbocycles. The number of nitrogens with zero attached hydrogens (tertiary/aromatic N) is 1. The second-order valence-electron chi connectivity index (χ2n) is 5.46. The Morgan fingerprint density at radius 2 is 1.94 bits per heavy atom. The highest BCUT2D eigenvalue weighted by Gasteiger charge is 2.41. The van der Waals surface area contributed by atoms with Gasteiger partial charge < -0.3 is 0 Å². The summed E-state index contributed by atoms with van der Waals surface area (Å²) in [5.41, 5.74) is -0.220. The van der Waals surface area contributed by atoms with Crippen molar-refractivity contribution in [1.82, 2.24) is 9.03 Å². The van der Waals surface area contributed by atoms with Crippen molar-refractivity contribution in [2.45, 2.75) is 44.6 Å². The molecule has 0 radical (unpaired) electrons. The molecule has 2 aliphatic rings. The number of piperidine rings is 1. The van der Waals surface area contributed by atoms with Gasteiger partial charge in [0, 0.05) is 24.0 Å². The number of halogens is 1. The van der Waals surface area contributed by atoms with E-state index in [1.165, 1.54) is 0 Å². The molecule has 0 spiro atoms. The predicted molar refractivity (Wildman–Crippen MR) is 72.4 cm³/mol. The van der Waals surface area contributed by atoms with Crippen LogP contribution in [0.25, 0.3) is 0 Å². The van der Waals surface area contributed by atoms with Gasteiger partial charge >= 0.3 is 0 Å². The molecule has 1 N–H and O–H groups in total. The smallest absolute Gasteiger partial charge is 0.195 e. The first-order valence-corrected chi connectivity index (χ1v) is 8.89. The van der Waals surface area contributed by atoms with Crippen LogP contribution in [-0.4, -0.2) is 36.7 Å². The number of alkyl halides is 1. The van der Waals surface area contributed by atoms with Gasteiger partial charge in [-0.25, -0.2) is 0 Å². The van der Waals surface area contributed by atoms with Crippen LogP contribution in [0.4, 0.5) is 0 Å². The third kappa shape index (κ3) is 3.03. The third-order valence-corrected chi connectivity index (χ3v) is 6.80. The molecule has 17 heavy (non-hydrogen) atoms. The quantitative estimate of drug-likeness (QED) is 0.802. The van der Waals surface area contributed by atoms with Crippen LogP contribution in [0.3, 0.4) is 0 Å². The van der Waals surface area contributed by atoms with Crippen LogP contribution in [0, 0.1) is 5.92 Å². The highest BCUT2D eigenvalue weighted by Crippen LogP contribution is 2.34. The Morgan fingerprint density at radius 1 is 1.35 bits per heavy atom. The molecule has 1 saturated carbocycles. The normalized spacial score (nSPS) is 26.7. The van der Waals surface area contributed by atoms with Crippen molar-refractivity contribution in [3.63, 3.8) is 0 Å². The van der Waals surface area contributed by atoms with E-state index in [-0.39, 0.29) is 5.54 Å². The summed E-state index contributed by atoms with van der Waals surface area (Å²) in [4.78, 5) is 0. The van der Waals surface area contributed by atoms with Gasteiger partial charge in [0.25, 0.3) is 10.2 Å². The first kappa shape index (κ1) is 13.8. The monoisotopic (exact) mass is 324 g/mol. The predicted octanol–water partition coefficient (Wildman–Crippen LogP) is 1.87. The molecule has 4 nitrogen and oxygen atoms in total. The van der Waals surface area contributed by atoms with E-state index in [0.717, 1.165) is 32.1 Å². The summed E-state index contributed by atoms with van der Waals surface area (Å²) in [6.07, 6.45) is 4.96. The van der Waals surface area contributed by atoms with Gasteiger partial charge in [0.15, 0.2) is 0 Å². The topological polar surface area (TPSA) is 49.4 Å². The van der Waals surface area contributed by atoms with Crippen LogP contribution in [0.2, 0.25) is 0 Å². The van der Waals surface area contributed by atoms with Gasteiger partial charge in [-0.2, -0.15) is 17.4 Å². The number of rotatable bonds is 4. The average molecular weight is 325 g/mol. The summed E-state index contributed by atoms with van der Waals surface area (Å²) < 4.78 is 29.0. The first-order valence-electron chi connectivity index (χ1n) is 6.32. The fourth-order valence-corrected chi connectivity index (χ4v) is 4.96. The van der Waals surface area contributed by atoms with Gasteiger partial charge in [-0.05, 0) is 38.0 Å². The first-order chi connectivity index (χ1) is 7.97. The van der Waals surface area contributed by atoms with E-state index in [9.17, 15) is 8.42 Å². The summed E-state index contributed by atoms with van der Waals surface area (Å²) in [5, 5.41) is 0.712. The van der Waals surface area contributed by atoms with Gasteiger partial charge in [0.05, 0.1) is 0 Å². The van der Waals surface area contributed by atoms with Gasteiger partial charge in [-0.1, -0.05) is 22.9 Å². The molecule has 1 heterocycles. The van der Waals surface area contributed by atoms with E-state index in [1.807, 2.05) is 0 Å². The van der Waals surface area contributed by atoms with Crippen molar-refractivity contribution in [2.75, 3.05) is 18.4 Å². The Labute approximate surface area is 112 Å². The minimum absolute atomic E-state index is 0.220. The lowest BCUT2D eigenvalue weighted by Crippen LogP contribution is -2.59. The largest absolute Gasteiger partial charge is 0.279 e. The molecule has 0 aromatic carbocycles. The summed E-state index contributed by atoms with van der Waals surface area (Å²) >= 11 is 3.42. The van der Waals surface area contributed by atoms with Crippen molar-refractivity contribution in [1.29, 1.82) is 0 Å². The summed E-state index contributed by atoms with van der Waals surface area (Å²) in [7, 11) is -3.28. The maximum Gasteiger partial charge on any atom is 0.279 e. The molecule has 2 fully saturated rings. The minimum Gasteiger partial charge on any atom is -0.195 e. The Bertz CT molecular complexity index is 354. The standard InChI is InChI=1S/C11H21BrN2O2S/c1-10-3-7-14(8-4-10)17(15,16)13-11(9-12)5-2-6-11/h10,13H,2-9H2,1H3. The maximum absolute atomic E-state index is 12.3. The van der Waals surface area contributed by atoms with E-state index in [2.05, 4.69) is 27.6 Å². The third-order valence-electron chi connectivity index (χ3n) is 3.99. The van der Waals surface area contributed by atoms with Crippen LogP contribution >= 0.6 is 15.9 Å². The molecular weight excluding hydrogens is 304 g/mol. The molecule has 0 bridgehead atoms. The zero-order valence-electron chi connectivity index (χ0n) is 10.3. The molecule has 0 amide bonds. The van der Waals surface area contributed by atoms with E-state index in [1.54, 1.807) is 4.31 Å². The van der Waals surface area contributed by atoms with Crippen LogP contribution in [0.5, 0.6) is 0 Å². The lowest BCUT2D eigenvalue weighted by molar-refractivity contribution is 0.236. The molecule has 2 rings (SSSR count). The number of hydrogen-bond donors (Lipinski definition) is 1. The van der Waals surface area contributed by atoms with Crippen molar-refractivity contribution >= 4 is 26.1 Å². The lowest BCUT2D eigenvalue weighted by atomic mass is 9.80. The summed E-state index contributed by atoms with van der Waals surface area (Å²) in [6.45, 7) is 3.51. The fourth-order valence-electron chi connectivity index (χ4n) is 2.43. The second-order valence-corrected chi connectivity index (χ2v) is 7.69. The van der Waals surface area contributed by atoms with Crippen LogP contribution < -0.4 is 4.72 Å². The summed E-state index contributed by atoms with van der Waals surface area (Å²) in [6, 6.07) is 0. The Kier molecular flexibility index (Phi) is 4.17. The summed E-state index contributed by atoms with van der Waals surface area (Å²) in [5.74, 6) is 0.648. The average Bonchev–Trinajstić information content (AvgIpc) is 2.24. The molecule has 0 atom stereocenters. The molecule has 100 valence electrons. The molecular formula is C11H21BrN2O2S. The van der Waals surface area contributed by atoms with Crippen LogP contribution in [-0.2, 0) is 10.2 Å².